The summed E-state index contributed by atoms with van der Waals surface area (Å²) in [6, 6.07) is 12.3. The molecule has 6 heteroatoms. The van der Waals surface area contributed by atoms with Gasteiger partial charge >= 0.3 is 0 Å². The first-order valence-corrected chi connectivity index (χ1v) is 8.34. The Morgan fingerprint density at radius 2 is 2.08 bits per heavy atom. The third-order valence-corrected chi connectivity index (χ3v) is 4.68. The fourth-order valence-corrected chi connectivity index (χ4v) is 3.52. The van der Waals surface area contributed by atoms with Crippen molar-refractivity contribution in [2.75, 3.05) is 31.5 Å². The van der Waals surface area contributed by atoms with Gasteiger partial charge in [-0.05, 0) is 24.9 Å². The van der Waals surface area contributed by atoms with E-state index in [4.69, 9.17) is 5.73 Å². The highest BCUT2D eigenvalue weighted by Gasteiger charge is 2.33. The van der Waals surface area contributed by atoms with Crippen LogP contribution in [0, 0.1) is 12.8 Å². The smallest absolute Gasteiger partial charge is 0.239 e. The third-order valence-electron chi connectivity index (χ3n) is 4.68. The average Bonchev–Trinajstić information content (AvgIpc) is 3.11. The first kappa shape index (κ1) is 16.7. The molecule has 2 atom stereocenters. The van der Waals surface area contributed by atoms with Gasteiger partial charge in [0.15, 0.2) is 0 Å². The number of nitrogens with one attached hydrogen (secondary N) is 1. The first-order valence-electron chi connectivity index (χ1n) is 8.34. The van der Waals surface area contributed by atoms with E-state index in [0.717, 1.165) is 24.6 Å². The Kier molecular flexibility index (Phi) is 4.97. The van der Waals surface area contributed by atoms with Crippen LogP contribution in [0.2, 0.25) is 0 Å². The highest BCUT2D eigenvalue weighted by molar-refractivity contribution is 5.91. The summed E-state index contributed by atoms with van der Waals surface area (Å²) in [6.45, 7) is 4.65. The van der Waals surface area contributed by atoms with Gasteiger partial charge in [-0.2, -0.15) is 5.10 Å². The molecule has 24 heavy (non-hydrogen) atoms. The van der Waals surface area contributed by atoms with Crippen LogP contribution in [-0.2, 0) is 11.8 Å². The molecule has 0 bridgehead atoms. The highest BCUT2D eigenvalue weighted by Crippen LogP contribution is 2.31. The van der Waals surface area contributed by atoms with Crippen LogP contribution in [0.25, 0.3) is 0 Å². The van der Waals surface area contributed by atoms with Crippen LogP contribution >= 0.6 is 0 Å². The molecule has 0 saturated carbocycles. The summed E-state index contributed by atoms with van der Waals surface area (Å²) in [4.78, 5) is 14.5. The molecule has 1 fully saturated rings. The zero-order chi connectivity index (χ0) is 17.1. The molecule has 3 N–H and O–H groups in total. The molecule has 0 radical (unpaired) electrons. The summed E-state index contributed by atoms with van der Waals surface area (Å²) in [6.07, 6.45) is 0. The van der Waals surface area contributed by atoms with Crippen LogP contribution in [0.5, 0.6) is 0 Å². The van der Waals surface area contributed by atoms with Gasteiger partial charge in [-0.25, -0.2) is 0 Å². The van der Waals surface area contributed by atoms with Gasteiger partial charge in [-0.15, -0.1) is 0 Å². The molecule has 2 heterocycles. The van der Waals surface area contributed by atoms with E-state index in [1.165, 1.54) is 5.56 Å². The van der Waals surface area contributed by atoms with Crippen molar-refractivity contribution in [3.63, 3.8) is 0 Å². The number of rotatable bonds is 5. The molecule has 2 aromatic rings. The van der Waals surface area contributed by atoms with Crippen LogP contribution in [0.15, 0.2) is 36.4 Å². The molecule has 3 rings (SSSR count). The Bertz CT molecular complexity index is 697. The second-order valence-corrected chi connectivity index (χ2v) is 6.55. The number of hydrogen-bond donors (Lipinski definition) is 2. The van der Waals surface area contributed by atoms with Gasteiger partial charge in [0.05, 0.1) is 12.2 Å². The van der Waals surface area contributed by atoms with E-state index in [9.17, 15) is 4.79 Å². The van der Waals surface area contributed by atoms with Crippen molar-refractivity contribution < 1.29 is 4.79 Å². The lowest BCUT2D eigenvalue weighted by atomic mass is 9.89. The Morgan fingerprint density at radius 1 is 1.33 bits per heavy atom. The maximum Gasteiger partial charge on any atom is 0.239 e. The molecule has 1 amide bonds. The van der Waals surface area contributed by atoms with Crippen LogP contribution in [0.3, 0.4) is 0 Å². The summed E-state index contributed by atoms with van der Waals surface area (Å²) >= 11 is 0. The summed E-state index contributed by atoms with van der Waals surface area (Å²) in [5.41, 5.74) is 8.16. The number of aryl methyl sites for hydroxylation is 2. The number of anilines is 1. The van der Waals surface area contributed by atoms with E-state index >= 15 is 0 Å². The zero-order valence-electron chi connectivity index (χ0n) is 14.3. The fourth-order valence-electron chi connectivity index (χ4n) is 3.52. The number of carbonyl (C=O) groups is 1. The SMILES string of the molecule is Cc1cc(NC(=O)CN2C[C@@H](CN)[C@H](c3ccccc3)C2)n(C)n1. The minimum absolute atomic E-state index is 0.0116. The molecule has 1 saturated heterocycles. The fraction of sp³-hybridized carbons (Fsp3) is 0.444. The van der Waals surface area contributed by atoms with Crippen molar-refractivity contribution in [2.24, 2.45) is 18.7 Å². The van der Waals surface area contributed by atoms with E-state index in [1.807, 2.05) is 26.1 Å². The molecule has 1 aromatic carbocycles. The molecule has 6 nitrogen and oxygen atoms in total. The van der Waals surface area contributed by atoms with Gasteiger partial charge in [0.2, 0.25) is 5.91 Å². The number of nitrogens with zero attached hydrogens (tertiary/aromatic N) is 3. The maximum atomic E-state index is 12.3. The van der Waals surface area contributed by atoms with Crippen LogP contribution in [0.1, 0.15) is 17.2 Å². The van der Waals surface area contributed by atoms with Gasteiger partial charge in [0, 0.05) is 32.1 Å². The topological polar surface area (TPSA) is 76.2 Å². The third kappa shape index (κ3) is 3.66. The Morgan fingerprint density at radius 3 is 2.71 bits per heavy atom. The second-order valence-electron chi connectivity index (χ2n) is 6.55. The summed E-state index contributed by atoms with van der Waals surface area (Å²) < 4.78 is 1.69. The lowest BCUT2D eigenvalue weighted by molar-refractivity contribution is -0.117. The van der Waals surface area contributed by atoms with E-state index < -0.39 is 0 Å². The predicted molar refractivity (Wildman–Crippen MR) is 94.7 cm³/mol. The van der Waals surface area contributed by atoms with Gasteiger partial charge in [-0.3, -0.25) is 14.4 Å². The van der Waals surface area contributed by atoms with Crippen molar-refractivity contribution >= 4 is 11.7 Å². The van der Waals surface area contributed by atoms with Crippen LogP contribution in [-0.4, -0.2) is 46.8 Å². The van der Waals surface area contributed by atoms with Gasteiger partial charge in [0.1, 0.15) is 5.82 Å². The Hall–Kier alpha value is -2.18. The minimum atomic E-state index is -0.0116. The first-order chi connectivity index (χ1) is 11.6. The molecule has 128 valence electrons. The molecule has 0 spiro atoms. The number of benzene rings is 1. The summed E-state index contributed by atoms with van der Waals surface area (Å²) in [5, 5.41) is 7.18. The number of amides is 1. The van der Waals surface area contributed by atoms with E-state index in [-0.39, 0.29) is 5.91 Å². The molecule has 1 aromatic heterocycles. The van der Waals surface area contributed by atoms with Gasteiger partial charge in [-0.1, -0.05) is 30.3 Å². The van der Waals surface area contributed by atoms with Gasteiger partial charge in [0.25, 0.3) is 0 Å². The van der Waals surface area contributed by atoms with Crippen molar-refractivity contribution in [1.82, 2.24) is 14.7 Å². The largest absolute Gasteiger partial charge is 0.330 e. The standard InChI is InChI=1S/C18H25N5O/c1-13-8-17(22(2)21-13)20-18(24)12-23-10-15(9-19)16(11-23)14-6-4-3-5-7-14/h3-8,15-16H,9-12,19H2,1-2H3,(H,20,24)/t15-,16+/m1/s1. The van der Waals surface area contributed by atoms with Gasteiger partial charge < -0.3 is 11.1 Å². The number of nitrogens with two attached hydrogens (primary N) is 1. The number of hydrogen-bond acceptors (Lipinski definition) is 4. The monoisotopic (exact) mass is 327 g/mol. The molecule has 1 aliphatic heterocycles. The highest BCUT2D eigenvalue weighted by atomic mass is 16.2. The lowest BCUT2D eigenvalue weighted by Gasteiger charge is -2.16. The summed E-state index contributed by atoms with van der Waals surface area (Å²) in [7, 11) is 1.83. The molecule has 1 aliphatic rings. The van der Waals surface area contributed by atoms with Crippen molar-refractivity contribution in [1.29, 1.82) is 0 Å². The minimum Gasteiger partial charge on any atom is -0.330 e. The van der Waals surface area contributed by atoms with Crippen molar-refractivity contribution in [3.8, 4) is 0 Å². The average molecular weight is 327 g/mol. The summed E-state index contributed by atoms with van der Waals surface area (Å²) in [5.74, 6) is 1.50. The van der Waals surface area contributed by atoms with E-state index in [1.54, 1.807) is 4.68 Å². The zero-order valence-corrected chi connectivity index (χ0v) is 14.3. The predicted octanol–water partition coefficient (Wildman–Crippen LogP) is 1.34. The normalized spacial score (nSPS) is 21.1. The lowest BCUT2D eigenvalue weighted by Crippen LogP contribution is -2.32. The Labute approximate surface area is 142 Å². The number of aromatic nitrogens is 2. The second kappa shape index (κ2) is 7.15. The van der Waals surface area contributed by atoms with Crippen LogP contribution < -0.4 is 11.1 Å². The van der Waals surface area contributed by atoms with E-state index in [2.05, 4.69) is 39.6 Å². The number of carbonyl (C=O) groups excluding carboxylic acids is 1. The van der Waals surface area contributed by atoms with Crippen molar-refractivity contribution in [2.45, 2.75) is 12.8 Å². The molecule has 0 aliphatic carbocycles. The number of likely N-dealkylation sites (tertiary alicyclic amines) is 1. The molecular weight excluding hydrogens is 302 g/mol. The maximum absolute atomic E-state index is 12.3. The van der Waals surface area contributed by atoms with Crippen molar-refractivity contribution in [3.05, 3.63) is 47.7 Å². The Balaban J connectivity index is 1.62. The quantitative estimate of drug-likeness (QED) is 0.869. The van der Waals surface area contributed by atoms with E-state index in [0.29, 0.717) is 24.9 Å². The molecule has 0 unspecified atom stereocenters. The van der Waals surface area contributed by atoms with Crippen LogP contribution in [0.4, 0.5) is 5.82 Å². The molecular formula is C18H25N5O.